The Morgan fingerprint density at radius 1 is 1.00 bits per heavy atom. The van der Waals surface area contributed by atoms with Gasteiger partial charge in [0.25, 0.3) is 0 Å². The first-order valence-electron chi connectivity index (χ1n) is 10.8. The van der Waals surface area contributed by atoms with E-state index in [1.807, 2.05) is 61.5 Å². The van der Waals surface area contributed by atoms with Crippen molar-refractivity contribution in [3.63, 3.8) is 0 Å². The highest BCUT2D eigenvalue weighted by Crippen LogP contribution is 2.29. The summed E-state index contributed by atoms with van der Waals surface area (Å²) in [6.07, 6.45) is 2.59. The molecular formula is C26H26N4O. The van der Waals surface area contributed by atoms with Crippen LogP contribution in [0.15, 0.2) is 77.6 Å². The second-order valence-electron chi connectivity index (χ2n) is 8.23. The first-order valence-corrected chi connectivity index (χ1v) is 10.8. The highest BCUT2D eigenvalue weighted by atomic mass is 16.1. The van der Waals surface area contributed by atoms with Crippen LogP contribution in [0.1, 0.15) is 24.2 Å². The summed E-state index contributed by atoms with van der Waals surface area (Å²) in [6, 6.07) is 23.7. The van der Waals surface area contributed by atoms with Crippen LogP contribution in [-0.4, -0.2) is 16.1 Å². The molecule has 2 aromatic carbocycles. The fraction of sp³-hybridized carbons (Fsp3) is 0.231. The highest BCUT2D eigenvalue weighted by Gasteiger charge is 2.21. The van der Waals surface area contributed by atoms with Crippen LogP contribution in [0.25, 0.3) is 16.6 Å². The number of rotatable bonds is 7. The zero-order valence-electron chi connectivity index (χ0n) is 17.6. The van der Waals surface area contributed by atoms with E-state index < -0.39 is 0 Å². The topological polar surface area (TPSA) is 59.0 Å². The number of para-hydroxylation sites is 2. The third-order valence-corrected chi connectivity index (χ3v) is 5.68. The fourth-order valence-corrected chi connectivity index (χ4v) is 4.02. The second-order valence-corrected chi connectivity index (χ2v) is 8.23. The zero-order chi connectivity index (χ0) is 21.2. The Balaban J connectivity index is 1.69. The molecule has 1 saturated carbocycles. The van der Waals surface area contributed by atoms with Gasteiger partial charge < -0.3 is 10.6 Å². The maximum absolute atomic E-state index is 13.3. The minimum absolute atomic E-state index is 0.0173. The number of nitrogens with zero attached hydrogens (tertiary/aromatic N) is 2. The molecule has 2 N–H and O–H groups in total. The lowest BCUT2D eigenvalue weighted by molar-refractivity contribution is 0.632. The second kappa shape index (κ2) is 8.36. The van der Waals surface area contributed by atoms with E-state index in [0.29, 0.717) is 11.9 Å². The first kappa shape index (κ1) is 19.5. The van der Waals surface area contributed by atoms with E-state index in [4.69, 9.17) is 4.98 Å². The van der Waals surface area contributed by atoms with Gasteiger partial charge in [0, 0.05) is 29.7 Å². The number of hydrogen-bond donors (Lipinski definition) is 2. The molecule has 2 aromatic heterocycles. The molecule has 0 bridgehead atoms. The number of aryl methyl sites for hydroxylation is 1. The Kier molecular flexibility index (Phi) is 5.26. The zero-order valence-corrected chi connectivity index (χ0v) is 17.6. The van der Waals surface area contributed by atoms with Crippen LogP contribution in [0.3, 0.4) is 0 Å². The van der Waals surface area contributed by atoms with Gasteiger partial charge in [0.15, 0.2) is 5.43 Å². The van der Waals surface area contributed by atoms with Crippen molar-refractivity contribution in [2.75, 3.05) is 11.9 Å². The molecule has 0 amide bonds. The molecule has 0 atom stereocenters. The maximum atomic E-state index is 13.3. The Hall–Kier alpha value is -3.44. The standard InChI is InChI=1S/C26H26N4O/c1-18-14-23-26(22(28-18)17-27-16-19-12-13-19)24(31)15-25(29-20-8-4-2-5-9-20)30(23)21-10-6-3-7-11-21/h2-11,14-15,19,27,29H,12-13,16-17H2,1H3. The summed E-state index contributed by atoms with van der Waals surface area (Å²) in [4.78, 5) is 18.0. The van der Waals surface area contributed by atoms with Gasteiger partial charge in [-0.3, -0.25) is 14.3 Å². The molecule has 156 valence electrons. The molecule has 1 aliphatic rings. The lowest BCUT2D eigenvalue weighted by atomic mass is 10.1. The third kappa shape index (κ3) is 4.23. The Morgan fingerprint density at radius 2 is 1.71 bits per heavy atom. The van der Waals surface area contributed by atoms with Crippen molar-refractivity contribution in [1.82, 2.24) is 14.9 Å². The van der Waals surface area contributed by atoms with E-state index in [9.17, 15) is 4.79 Å². The predicted molar refractivity (Wildman–Crippen MR) is 126 cm³/mol. The summed E-state index contributed by atoms with van der Waals surface area (Å²) in [5.41, 5.74) is 4.49. The fourth-order valence-electron chi connectivity index (χ4n) is 4.02. The van der Waals surface area contributed by atoms with Crippen molar-refractivity contribution in [2.45, 2.75) is 26.3 Å². The number of hydrogen-bond acceptors (Lipinski definition) is 4. The number of benzene rings is 2. The smallest absolute Gasteiger partial charge is 0.193 e. The first-order chi connectivity index (χ1) is 15.2. The number of aromatic nitrogens is 2. The molecule has 0 aliphatic heterocycles. The third-order valence-electron chi connectivity index (χ3n) is 5.68. The summed E-state index contributed by atoms with van der Waals surface area (Å²) in [5, 5.41) is 7.61. The van der Waals surface area contributed by atoms with Gasteiger partial charge in [-0.2, -0.15) is 0 Å². The number of nitrogens with one attached hydrogen (secondary N) is 2. The summed E-state index contributed by atoms with van der Waals surface area (Å²) in [5.74, 6) is 1.51. The van der Waals surface area contributed by atoms with E-state index in [0.717, 1.165) is 46.6 Å². The summed E-state index contributed by atoms with van der Waals surface area (Å²) < 4.78 is 2.11. The molecule has 5 heteroatoms. The van der Waals surface area contributed by atoms with Crippen molar-refractivity contribution >= 4 is 22.4 Å². The van der Waals surface area contributed by atoms with Gasteiger partial charge in [-0.25, -0.2) is 0 Å². The van der Waals surface area contributed by atoms with Crippen LogP contribution in [0.4, 0.5) is 11.5 Å². The van der Waals surface area contributed by atoms with Crippen molar-refractivity contribution in [3.05, 3.63) is 94.4 Å². The normalized spacial score (nSPS) is 13.5. The maximum Gasteiger partial charge on any atom is 0.193 e. The lowest BCUT2D eigenvalue weighted by Crippen LogP contribution is -2.21. The van der Waals surface area contributed by atoms with Crippen LogP contribution in [-0.2, 0) is 6.54 Å². The Morgan fingerprint density at radius 3 is 2.42 bits per heavy atom. The van der Waals surface area contributed by atoms with Gasteiger partial charge in [-0.15, -0.1) is 0 Å². The summed E-state index contributed by atoms with van der Waals surface area (Å²) in [7, 11) is 0. The molecule has 5 rings (SSSR count). The molecule has 0 spiro atoms. The molecule has 0 unspecified atom stereocenters. The average Bonchev–Trinajstić information content (AvgIpc) is 3.59. The Bertz CT molecular complexity index is 1260. The highest BCUT2D eigenvalue weighted by molar-refractivity contribution is 5.86. The molecule has 4 aromatic rings. The van der Waals surface area contributed by atoms with E-state index in [2.05, 4.69) is 27.3 Å². The van der Waals surface area contributed by atoms with Gasteiger partial charge in [-0.05, 0) is 62.6 Å². The quantitative estimate of drug-likeness (QED) is 0.453. The molecule has 1 aliphatic carbocycles. The van der Waals surface area contributed by atoms with E-state index in [-0.39, 0.29) is 5.43 Å². The van der Waals surface area contributed by atoms with Crippen molar-refractivity contribution < 1.29 is 0 Å². The van der Waals surface area contributed by atoms with Gasteiger partial charge in [-0.1, -0.05) is 36.4 Å². The van der Waals surface area contributed by atoms with Crippen LogP contribution in [0.5, 0.6) is 0 Å². The van der Waals surface area contributed by atoms with E-state index in [1.165, 1.54) is 12.8 Å². The largest absolute Gasteiger partial charge is 0.341 e. The van der Waals surface area contributed by atoms with Gasteiger partial charge >= 0.3 is 0 Å². The van der Waals surface area contributed by atoms with Gasteiger partial charge in [0.05, 0.1) is 16.6 Å². The van der Waals surface area contributed by atoms with Crippen LogP contribution >= 0.6 is 0 Å². The Labute approximate surface area is 181 Å². The number of anilines is 2. The lowest BCUT2D eigenvalue weighted by Gasteiger charge is -2.20. The summed E-state index contributed by atoms with van der Waals surface area (Å²) in [6.45, 7) is 3.57. The minimum Gasteiger partial charge on any atom is -0.341 e. The van der Waals surface area contributed by atoms with E-state index in [1.54, 1.807) is 6.07 Å². The monoisotopic (exact) mass is 410 g/mol. The molecular weight excluding hydrogens is 384 g/mol. The molecule has 0 saturated heterocycles. The van der Waals surface area contributed by atoms with Crippen molar-refractivity contribution in [1.29, 1.82) is 0 Å². The van der Waals surface area contributed by atoms with Gasteiger partial charge in [0.1, 0.15) is 5.82 Å². The molecule has 31 heavy (non-hydrogen) atoms. The van der Waals surface area contributed by atoms with Gasteiger partial charge in [0.2, 0.25) is 0 Å². The molecule has 1 fully saturated rings. The van der Waals surface area contributed by atoms with Crippen LogP contribution in [0.2, 0.25) is 0 Å². The average molecular weight is 411 g/mol. The molecule has 2 heterocycles. The van der Waals surface area contributed by atoms with Crippen molar-refractivity contribution in [3.8, 4) is 5.69 Å². The summed E-state index contributed by atoms with van der Waals surface area (Å²) >= 11 is 0. The van der Waals surface area contributed by atoms with Crippen molar-refractivity contribution in [2.24, 2.45) is 5.92 Å². The number of fused-ring (bicyclic) bond motifs is 1. The molecule has 5 nitrogen and oxygen atoms in total. The SMILES string of the molecule is Cc1cc2c(c(CNCC3CC3)n1)c(=O)cc(Nc1ccccc1)n2-c1ccccc1. The van der Waals surface area contributed by atoms with E-state index >= 15 is 0 Å². The minimum atomic E-state index is -0.0173. The van der Waals surface area contributed by atoms with Crippen LogP contribution in [0, 0.1) is 12.8 Å². The molecule has 0 radical (unpaired) electrons. The predicted octanol–water partition coefficient (Wildman–Crippen LogP) is 4.94. The van der Waals surface area contributed by atoms with Crippen LogP contribution < -0.4 is 16.1 Å². The number of pyridine rings is 2.